The molecule has 1 aliphatic rings. The van der Waals surface area contributed by atoms with Gasteiger partial charge in [-0.15, -0.1) is 11.3 Å². The second kappa shape index (κ2) is 6.15. The molecule has 1 atom stereocenters. The predicted octanol–water partition coefficient (Wildman–Crippen LogP) is 1.87. The number of aromatic nitrogens is 2. The number of aliphatic hydroxyl groups excluding tert-OH is 1. The van der Waals surface area contributed by atoms with Crippen LogP contribution < -0.4 is 0 Å². The average Bonchev–Trinajstić information content (AvgIpc) is 3.04. The molecule has 2 aromatic heterocycles. The Hall–Kier alpha value is -1.40. The van der Waals surface area contributed by atoms with Gasteiger partial charge in [-0.1, -0.05) is 0 Å². The van der Waals surface area contributed by atoms with Gasteiger partial charge in [-0.2, -0.15) is 0 Å². The topological polar surface area (TPSA) is 57.8 Å². The summed E-state index contributed by atoms with van der Waals surface area (Å²) in [7, 11) is 0. The molecule has 0 aromatic carbocycles. The third-order valence-electron chi connectivity index (χ3n) is 4.13. The Balaban J connectivity index is 1.60. The van der Waals surface area contributed by atoms with Crippen LogP contribution in [-0.2, 0) is 11.2 Å². The lowest BCUT2D eigenvalue weighted by Gasteiger charge is -2.31. The number of likely N-dealkylation sites (tertiary alicyclic amines) is 1. The number of aryl methyl sites for hydroxylation is 2. The van der Waals surface area contributed by atoms with E-state index in [2.05, 4.69) is 14.8 Å². The molecule has 0 radical (unpaired) electrons. The second-order valence-corrected chi connectivity index (χ2v) is 6.63. The first-order valence-electron chi connectivity index (χ1n) is 7.48. The molecule has 1 N–H and O–H groups in total. The van der Waals surface area contributed by atoms with Gasteiger partial charge in [-0.05, 0) is 32.1 Å². The van der Waals surface area contributed by atoms with Gasteiger partial charge in [-0.3, -0.25) is 9.20 Å². The molecular formula is C15H21N3O2S. The fourth-order valence-corrected chi connectivity index (χ4v) is 3.91. The van der Waals surface area contributed by atoms with Gasteiger partial charge in [0.25, 0.3) is 0 Å². The summed E-state index contributed by atoms with van der Waals surface area (Å²) < 4.78 is 2.08. The number of piperidine rings is 1. The maximum Gasteiger partial charge on any atom is 0.222 e. The monoisotopic (exact) mass is 307 g/mol. The Bertz CT molecular complexity index is 634. The van der Waals surface area contributed by atoms with E-state index in [1.807, 2.05) is 18.0 Å². The van der Waals surface area contributed by atoms with Crippen molar-refractivity contribution in [2.45, 2.75) is 32.6 Å². The van der Waals surface area contributed by atoms with E-state index in [1.54, 1.807) is 11.3 Å². The zero-order chi connectivity index (χ0) is 14.8. The van der Waals surface area contributed by atoms with E-state index in [4.69, 9.17) is 0 Å². The van der Waals surface area contributed by atoms with Crippen molar-refractivity contribution in [3.63, 3.8) is 0 Å². The van der Waals surface area contributed by atoms with Gasteiger partial charge in [0.05, 0.1) is 5.69 Å². The van der Waals surface area contributed by atoms with E-state index in [0.717, 1.165) is 42.2 Å². The van der Waals surface area contributed by atoms with Crippen molar-refractivity contribution in [3.8, 4) is 0 Å². The highest BCUT2D eigenvalue weighted by Crippen LogP contribution is 2.20. The van der Waals surface area contributed by atoms with Crippen LogP contribution in [0.15, 0.2) is 11.6 Å². The number of thiazole rings is 1. The number of carbonyl (C=O) groups is 1. The standard InChI is InChI=1S/C15H21N3O2S/c1-11-7-18-13(10-21-15(18)16-11)4-5-14(20)17-6-2-3-12(8-17)9-19/h7,10,12,19H,2-6,8-9H2,1H3. The number of nitrogens with zero attached hydrogens (tertiary/aromatic N) is 3. The Morgan fingerprint density at radius 1 is 1.57 bits per heavy atom. The minimum Gasteiger partial charge on any atom is -0.396 e. The third-order valence-corrected chi connectivity index (χ3v) is 5.02. The van der Waals surface area contributed by atoms with E-state index >= 15 is 0 Å². The minimum atomic E-state index is 0.184. The fourth-order valence-electron chi connectivity index (χ4n) is 2.96. The van der Waals surface area contributed by atoms with E-state index in [1.165, 1.54) is 0 Å². The molecule has 0 saturated carbocycles. The maximum absolute atomic E-state index is 12.3. The molecule has 5 nitrogen and oxygen atoms in total. The van der Waals surface area contributed by atoms with Gasteiger partial charge < -0.3 is 10.0 Å². The first-order chi connectivity index (χ1) is 10.2. The van der Waals surface area contributed by atoms with Crippen LogP contribution in [-0.4, -0.2) is 45.0 Å². The van der Waals surface area contributed by atoms with E-state index < -0.39 is 0 Å². The van der Waals surface area contributed by atoms with Crippen LogP contribution in [0, 0.1) is 12.8 Å². The molecule has 3 heterocycles. The van der Waals surface area contributed by atoms with E-state index in [9.17, 15) is 9.90 Å². The SMILES string of the molecule is Cc1cn2c(CCC(=O)N3CCCC(CO)C3)csc2n1. The Labute approximate surface area is 128 Å². The lowest BCUT2D eigenvalue weighted by Crippen LogP contribution is -2.41. The largest absolute Gasteiger partial charge is 0.396 e. The van der Waals surface area contributed by atoms with Gasteiger partial charge >= 0.3 is 0 Å². The molecular weight excluding hydrogens is 286 g/mol. The normalized spacial score (nSPS) is 19.3. The molecule has 3 rings (SSSR count). The van der Waals surface area contributed by atoms with Gasteiger partial charge in [0.1, 0.15) is 0 Å². The number of hydrogen-bond donors (Lipinski definition) is 1. The summed E-state index contributed by atoms with van der Waals surface area (Å²) in [4.78, 5) is 19.7. The summed E-state index contributed by atoms with van der Waals surface area (Å²) in [5, 5.41) is 11.3. The number of imidazole rings is 1. The molecule has 0 bridgehead atoms. The summed E-state index contributed by atoms with van der Waals surface area (Å²) in [5.74, 6) is 0.455. The fraction of sp³-hybridized carbons (Fsp3) is 0.600. The Kier molecular flexibility index (Phi) is 4.26. The first-order valence-corrected chi connectivity index (χ1v) is 8.36. The van der Waals surface area contributed by atoms with Crippen LogP contribution >= 0.6 is 11.3 Å². The van der Waals surface area contributed by atoms with Crippen LogP contribution in [0.5, 0.6) is 0 Å². The third kappa shape index (κ3) is 3.11. The van der Waals surface area contributed by atoms with Crippen LogP contribution in [0.2, 0.25) is 0 Å². The summed E-state index contributed by atoms with van der Waals surface area (Å²) in [6, 6.07) is 0. The van der Waals surface area contributed by atoms with Crippen LogP contribution in [0.3, 0.4) is 0 Å². The first kappa shape index (κ1) is 14.5. The van der Waals surface area contributed by atoms with Crippen molar-refractivity contribution in [2.24, 2.45) is 5.92 Å². The smallest absolute Gasteiger partial charge is 0.222 e. The predicted molar refractivity (Wildman–Crippen MR) is 82.5 cm³/mol. The van der Waals surface area contributed by atoms with Crippen molar-refractivity contribution >= 4 is 22.2 Å². The molecule has 21 heavy (non-hydrogen) atoms. The summed E-state index contributed by atoms with van der Waals surface area (Å²) in [6.45, 7) is 3.71. The molecule has 114 valence electrons. The highest BCUT2D eigenvalue weighted by molar-refractivity contribution is 7.15. The van der Waals surface area contributed by atoms with E-state index in [0.29, 0.717) is 13.0 Å². The number of amides is 1. The average molecular weight is 307 g/mol. The molecule has 1 saturated heterocycles. The lowest BCUT2D eigenvalue weighted by atomic mass is 9.98. The molecule has 6 heteroatoms. The number of fused-ring (bicyclic) bond motifs is 1. The quantitative estimate of drug-likeness (QED) is 0.938. The van der Waals surface area contributed by atoms with Gasteiger partial charge in [-0.25, -0.2) is 4.98 Å². The summed E-state index contributed by atoms with van der Waals surface area (Å²) in [5.41, 5.74) is 2.16. The van der Waals surface area contributed by atoms with Gasteiger partial charge in [0.15, 0.2) is 4.96 Å². The molecule has 0 spiro atoms. The van der Waals surface area contributed by atoms with Gasteiger partial charge in [0.2, 0.25) is 5.91 Å². The highest BCUT2D eigenvalue weighted by atomic mass is 32.1. The number of carbonyl (C=O) groups excluding carboxylic acids is 1. The van der Waals surface area contributed by atoms with Crippen molar-refractivity contribution in [2.75, 3.05) is 19.7 Å². The molecule has 2 aromatic rings. The van der Waals surface area contributed by atoms with Crippen molar-refractivity contribution in [3.05, 3.63) is 23.0 Å². The Morgan fingerprint density at radius 2 is 2.43 bits per heavy atom. The van der Waals surface area contributed by atoms with Crippen LogP contribution in [0.4, 0.5) is 0 Å². The van der Waals surface area contributed by atoms with Crippen LogP contribution in [0.25, 0.3) is 4.96 Å². The maximum atomic E-state index is 12.3. The zero-order valence-electron chi connectivity index (χ0n) is 12.3. The number of aliphatic hydroxyl groups is 1. The van der Waals surface area contributed by atoms with Crippen molar-refractivity contribution < 1.29 is 9.90 Å². The Morgan fingerprint density at radius 3 is 3.24 bits per heavy atom. The molecule has 1 aliphatic heterocycles. The summed E-state index contributed by atoms with van der Waals surface area (Å²) >= 11 is 1.62. The summed E-state index contributed by atoms with van der Waals surface area (Å²) in [6.07, 6.45) is 5.32. The number of hydrogen-bond acceptors (Lipinski definition) is 4. The molecule has 0 aliphatic carbocycles. The highest BCUT2D eigenvalue weighted by Gasteiger charge is 2.23. The van der Waals surface area contributed by atoms with Crippen molar-refractivity contribution in [1.82, 2.24) is 14.3 Å². The van der Waals surface area contributed by atoms with Crippen molar-refractivity contribution in [1.29, 1.82) is 0 Å². The lowest BCUT2D eigenvalue weighted by molar-refractivity contribution is -0.133. The molecule has 1 fully saturated rings. The zero-order valence-corrected chi connectivity index (χ0v) is 13.1. The second-order valence-electron chi connectivity index (χ2n) is 5.79. The minimum absolute atomic E-state index is 0.184. The van der Waals surface area contributed by atoms with Crippen LogP contribution in [0.1, 0.15) is 30.7 Å². The van der Waals surface area contributed by atoms with E-state index in [-0.39, 0.29) is 18.4 Å². The molecule has 1 amide bonds. The van der Waals surface area contributed by atoms with Gasteiger partial charge in [0, 0.05) is 43.4 Å². The number of rotatable bonds is 4. The molecule has 1 unspecified atom stereocenters.